The lowest BCUT2D eigenvalue weighted by Gasteiger charge is -2.44. The van der Waals surface area contributed by atoms with Crippen LogP contribution in [-0.4, -0.2) is 22.6 Å². The van der Waals surface area contributed by atoms with Crippen LogP contribution in [0.5, 0.6) is 5.75 Å². The molecule has 1 aromatic carbocycles. The van der Waals surface area contributed by atoms with Gasteiger partial charge in [-0.25, -0.2) is 0 Å². The predicted octanol–water partition coefficient (Wildman–Crippen LogP) is 4.58. The molecule has 0 aromatic heterocycles. The number of piperidine rings is 1. The van der Waals surface area contributed by atoms with Crippen molar-refractivity contribution in [3.8, 4) is 5.75 Å². The highest BCUT2D eigenvalue weighted by atomic mass is 79.9. The molecule has 3 heteroatoms. The molecule has 2 rings (SSSR count). The van der Waals surface area contributed by atoms with Crippen LogP contribution in [0.15, 0.2) is 22.7 Å². The van der Waals surface area contributed by atoms with Crippen LogP contribution in [0.4, 0.5) is 0 Å². The van der Waals surface area contributed by atoms with Crippen LogP contribution in [-0.2, 0) is 0 Å². The van der Waals surface area contributed by atoms with Crippen LogP contribution in [0.1, 0.15) is 45.7 Å². The summed E-state index contributed by atoms with van der Waals surface area (Å²) in [6, 6.07) is 6.51. The molecule has 0 aliphatic carbocycles. The van der Waals surface area contributed by atoms with Crippen molar-refractivity contribution in [1.29, 1.82) is 0 Å². The SMILES string of the molecule is CC1CC(C)C(C)N(C(C)c2cc(Br)ccc2O)C1. The van der Waals surface area contributed by atoms with Gasteiger partial charge in [-0.05, 0) is 50.3 Å². The van der Waals surface area contributed by atoms with Gasteiger partial charge >= 0.3 is 0 Å². The first kappa shape index (κ1) is 14.9. The van der Waals surface area contributed by atoms with Gasteiger partial charge in [0.15, 0.2) is 0 Å². The molecule has 0 amide bonds. The van der Waals surface area contributed by atoms with Crippen LogP contribution < -0.4 is 0 Å². The van der Waals surface area contributed by atoms with Crippen molar-refractivity contribution >= 4 is 15.9 Å². The van der Waals surface area contributed by atoms with Gasteiger partial charge in [0.25, 0.3) is 0 Å². The monoisotopic (exact) mass is 325 g/mol. The van der Waals surface area contributed by atoms with E-state index < -0.39 is 0 Å². The van der Waals surface area contributed by atoms with Crippen molar-refractivity contribution in [3.05, 3.63) is 28.2 Å². The molecule has 0 bridgehead atoms. The van der Waals surface area contributed by atoms with E-state index in [2.05, 4.69) is 48.5 Å². The lowest BCUT2D eigenvalue weighted by atomic mass is 9.84. The number of benzene rings is 1. The zero-order valence-electron chi connectivity index (χ0n) is 12.2. The fraction of sp³-hybridized carbons (Fsp3) is 0.625. The summed E-state index contributed by atoms with van der Waals surface area (Å²) in [6.45, 7) is 10.3. The molecule has 0 spiro atoms. The third kappa shape index (κ3) is 3.14. The van der Waals surface area contributed by atoms with Gasteiger partial charge in [-0.3, -0.25) is 4.90 Å². The molecule has 1 aliphatic heterocycles. The Morgan fingerprint density at radius 3 is 2.68 bits per heavy atom. The topological polar surface area (TPSA) is 23.5 Å². The van der Waals surface area contributed by atoms with Gasteiger partial charge in [-0.1, -0.05) is 29.8 Å². The van der Waals surface area contributed by atoms with Gasteiger partial charge in [-0.2, -0.15) is 0 Å². The molecule has 1 N–H and O–H groups in total. The Balaban J connectivity index is 2.27. The second-order valence-electron chi connectivity index (χ2n) is 6.13. The van der Waals surface area contributed by atoms with Gasteiger partial charge in [0.2, 0.25) is 0 Å². The Morgan fingerprint density at radius 2 is 2.00 bits per heavy atom. The number of rotatable bonds is 2. The van der Waals surface area contributed by atoms with Crippen LogP contribution in [0, 0.1) is 11.8 Å². The second kappa shape index (κ2) is 5.84. The molecule has 0 saturated carbocycles. The molecule has 19 heavy (non-hydrogen) atoms. The Bertz CT molecular complexity index is 448. The van der Waals surface area contributed by atoms with E-state index in [1.165, 1.54) is 6.42 Å². The molecule has 2 nitrogen and oxygen atoms in total. The fourth-order valence-corrected chi connectivity index (χ4v) is 3.69. The first-order valence-electron chi connectivity index (χ1n) is 7.14. The third-order valence-corrected chi connectivity index (χ3v) is 5.07. The Hall–Kier alpha value is -0.540. The van der Waals surface area contributed by atoms with Gasteiger partial charge in [0, 0.05) is 28.7 Å². The normalized spacial score (nSPS) is 30.3. The third-order valence-electron chi connectivity index (χ3n) is 4.58. The molecule has 1 heterocycles. The Kier molecular flexibility index (Phi) is 4.57. The van der Waals surface area contributed by atoms with E-state index in [9.17, 15) is 5.11 Å². The average molecular weight is 326 g/mol. The summed E-state index contributed by atoms with van der Waals surface area (Å²) >= 11 is 3.50. The maximum absolute atomic E-state index is 10.1. The average Bonchev–Trinajstić information content (AvgIpc) is 2.36. The van der Waals surface area contributed by atoms with E-state index in [0.717, 1.165) is 22.5 Å². The van der Waals surface area contributed by atoms with Crippen LogP contribution in [0.3, 0.4) is 0 Å². The van der Waals surface area contributed by atoms with Crippen molar-refractivity contribution in [2.45, 2.75) is 46.2 Å². The molecule has 4 unspecified atom stereocenters. The van der Waals surface area contributed by atoms with Gasteiger partial charge in [0.1, 0.15) is 5.75 Å². The maximum atomic E-state index is 10.1. The van der Waals surface area contributed by atoms with E-state index in [4.69, 9.17) is 0 Å². The first-order valence-corrected chi connectivity index (χ1v) is 7.93. The number of phenolic OH excluding ortho intramolecular Hbond substituents is 1. The number of nitrogens with zero attached hydrogens (tertiary/aromatic N) is 1. The standard InChI is InChI=1S/C16H24BrNO/c1-10-7-11(2)12(3)18(9-10)13(4)15-8-14(17)5-6-16(15)19/h5-6,8,10-13,19H,7,9H2,1-4H3. The molecule has 1 saturated heterocycles. The highest BCUT2D eigenvalue weighted by Gasteiger charge is 2.32. The van der Waals surface area contributed by atoms with Crippen LogP contribution in [0.25, 0.3) is 0 Å². The highest BCUT2D eigenvalue weighted by molar-refractivity contribution is 9.10. The number of phenols is 1. The lowest BCUT2D eigenvalue weighted by Crippen LogP contribution is -2.46. The molecule has 4 atom stereocenters. The lowest BCUT2D eigenvalue weighted by molar-refractivity contribution is 0.0452. The van der Waals surface area contributed by atoms with Crippen molar-refractivity contribution in [3.63, 3.8) is 0 Å². The molecule has 1 fully saturated rings. The molecular weight excluding hydrogens is 302 g/mol. The number of halogens is 1. The molecule has 106 valence electrons. The Labute approximate surface area is 124 Å². The van der Waals surface area contributed by atoms with Crippen LogP contribution in [0.2, 0.25) is 0 Å². The minimum absolute atomic E-state index is 0.248. The van der Waals surface area contributed by atoms with Crippen molar-refractivity contribution in [2.75, 3.05) is 6.54 Å². The van der Waals surface area contributed by atoms with Gasteiger partial charge in [-0.15, -0.1) is 0 Å². The zero-order chi connectivity index (χ0) is 14.2. The highest BCUT2D eigenvalue weighted by Crippen LogP contribution is 2.37. The summed E-state index contributed by atoms with van der Waals surface area (Å²) in [5.41, 5.74) is 1.02. The van der Waals surface area contributed by atoms with E-state index in [0.29, 0.717) is 17.7 Å². The smallest absolute Gasteiger partial charge is 0.120 e. The molecular formula is C16H24BrNO. The van der Waals surface area contributed by atoms with Gasteiger partial charge < -0.3 is 5.11 Å². The predicted molar refractivity (Wildman–Crippen MR) is 83.3 cm³/mol. The zero-order valence-corrected chi connectivity index (χ0v) is 13.8. The summed E-state index contributed by atoms with van der Waals surface area (Å²) in [6.07, 6.45) is 1.30. The number of hydrogen-bond donors (Lipinski definition) is 1. The largest absolute Gasteiger partial charge is 0.508 e. The first-order chi connectivity index (χ1) is 8.90. The molecule has 0 radical (unpaired) electrons. The quantitative estimate of drug-likeness (QED) is 0.860. The second-order valence-corrected chi connectivity index (χ2v) is 7.05. The summed E-state index contributed by atoms with van der Waals surface area (Å²) in [7, 11) is 0. The number of hydrogen-bond acceptors (Lipinski definition) is 2. The molecule has 1 aliphatic rings. The minimum atomic E-state index is 0.248. The van der Waals surface area contributed by atoms with Gasteiger partial charge in [0.05, 0.1) is 0 Å². The minimum Gasteiger partial charge on any atom is -0.508 e. The Morgan fingerprint density at radius 1 is 1.32 bits per heavy atom. The summed E-state index contributed by atoms with van der Waals surface area (Å²) in [5.74, 6) is 1.83. The van der Waals surface area contributed by atoms with Crippen LogP contribution >= 0.6 is 15.9 Å². The number of aromatic hydroxyl groups is 1. The van der Waals surface area contributed by atoms with E-state index >= 15 is 0 Å². The summed E-state index contributed by atoms with van der Waals surface area (Å²) in [4.78, 5) is 2.53. The van der Waals surface area contributed by atoms with Crippen molar-refractivity contribution < 1.29 is 5.11 Å². The van der Waals surface area contributed by atoms with E-state index in [1.807, 2.05) is 12.1 Å². The molecule has 1 aromatic rings. The van der Waals surface area contributed by atoms with E-state index in [1.54, 1.807) is 6.07 Å². The van der Waals surface area contributed by atoms with Crippen molar-refractivity contribution in [2.24, 2.45) is 11.8 Å². The van der Waals surface area contributed by atoms with E-state index in [-0.39, 0.29) is 6.04 Å². The van der Waals surface area contributed by atoms with Crippen molar-refractivity contribution in [1.82, 2.24) is 4.90 Å². The fourth-order valence-electron chi connectivity index (χ4n) is 3.31. The number of likely N-dealkylation sites (tertiary alicyclic amines) is 1. The summed E-state index contributed by atoms with van der Waals surface area (Å²) < 4.78 is 1.03. The maximum Gasteiger partial charge on any atom is 0.120 e. The summed E-state index contributed by atoms with van der Waals surface area (Å²) in [5, 5.41) is 10.1.